The van der Waals surface area contributed by atoms with Crippen molar-refractivity contribution in [2.45, 2.75) is 60.8 Å². The van der Waals surface area contributed by atoms with E-state index < -0.39 is 40.1 Å². The van der Waals surface area contributed by atoms with Crippen molar-refractivity contribution < 1.29 is 38.4 Å². The molecule has 0 radical (unpaired) electrons. The van der Waals surface area contributed by atoms with Crippen molar-refractivity contribution in [3.8, 4) is 11.5 Å². The lowest BCUT2D eigenvalue weighted by Gasteiger charge is -2.73. The fourth-order valence-corrected chi connectivity index (χ4v) is 9.10. The first-order valence-electron chi connectivity index (χ1n) is 11.4. The number of nitrogens with zero attached hydrogens (tertiary/aromatic N) is 2. The summed E-state index contributed by atoms with van der Waals surface area (Å²) >= 11 is 0. The summed E-state index contributed by atoms with van der Waals surface area (Å²) in [7, 11) is 1.27. The molecule has 3 saturated carbocycles. The van der Waals surface area contributed by atoms with Crippen molar-refractivity contribution in [2.24, 2.45) is 5.41 Å². The molecule has 10 heteroatoms. The van der Waals surface area contributed by atoms with Crippen LogP contribution in [0.15, 0.2) is 12.1 Å². The summed E-state index contributed by atoms with van der Waals surface area (Å²) in [5.41, 5.74) is -3.86. The average molecular weight is 454 g/mol. The maximum absolute atomic E-state index is 13.8. The second-order valence-electron chi connectivity index (χ2n) is 10.5. The molecule has 1 aromatic rings. The first-order chi connectivity index (χ1) is 15.9. The monoisotopic (exact) mass is 454 g/mol. The smallest absolute Gasteiger partial charge is 0.414 e. The van der Waals surface area contributed by atoms with Gasteiger partial charge in [0, 0.05) is 6.54 Å². The highest BCUT2D eigenvalue weighted by atomic mass is 16.7. The van der Waals surface area contributed by atoms with Gasteiger partial charge >= 0.3 is 12.1 Å². The van der Waals surface area contributed by atoms with E-state index >= 15 is 0 Å². The third kappa shape index (κ3) is 1.47. The lowest BCUT2D eigenvalue weighted by Crippen LogP contribution is -2.89. The van der Waals surface area contributed by atoms with Crippen LogP contribution >= 0.6 is 0 Å². The number of anilines is 1. The Morgan fingerprint density at radius 1 is 1.21 bits per heavy atom. The van der Waals surface area contributed by atoms with Crippen LogP contribution in [-0.2, 0) is 24.5 Å². The van der Waals surface area contributed by atoms with Gasteiger partial charge in [0.1, 0.15) is 5.54 Å². The third-order valence-corrected chi connectivity index (χ3v) is 9.76. The second kappa shape index (κ2) is 5.06. The van der Waals surface area contributed by atoms with Crippen LogP contribution < -0.4 is 14.4 Å². The zero-order valence-corrected chi connectivity index (χ0v) is 18.0. The minimum Gasteiger partial charge on any atom is -0.454 e. The van der Waals surface area contributed by atoms with Gasteiger partial charge in [-0.15, -0.1) is 0 Å². The quantitative estimate of drug-likeness (QED) is 0.573. The minimum absolute atomic E-state index is 0.0116. The molecule has 6 atom stereocenters. The van der Waals surface area contributed by atoms with E-state index in [1.807, 2.05) is 11.0 Å². The summed E-state index contributed by atoms with van der Waals surface area (Å²) in [5.74, 6) is -0.248. The number of ether oxygens (including phenoxy) is 4. The van der Waals surface area contributed by atoms with Gasteiger partial charge in [-0.3, -0.25) is 9.69 Å². The molecule has 6 fully saturated rings. The fraction of sp³-hybridized carbons (Fsp3) is 0.609. The number of hydrogen-bond donors (Lipinski definition) is 1. The van der Waals surface area contributed by atoms with Crippen molar-refractivity contribution >= 4 is 23.7 Å². The number of amides is 2. The van der Waals surface area contributed by atoms with Crippen molar-refractivity contribution in [2.75, 3.05) is 25.3 Å². The van der Waals surface area contributed by atoms with Crippen LogP contribution in [0.5, 0.6) is 11.5 Å². The molecule has 5 heterocycles. The highest BCUT2D eigenvalue weighted by molar-refractivity contribution is 6.06. The number of rotatable bonds is 0. The van der Waals surface area contributed by atoms with Crippen molar-refractivity contribution in [1.29, 1.82) is 0 Å². The van der Waals surface area contributed by atoms with E-state index in [2.05, 4.69) is 0 Å². The van der Waals surface area contributed by atoms with E-state index in [1.165, 1.54) is 12.0 Å². The summed E-state index contributed by atoms with van der Waals surface area (Å²) < 4.78 is 22.5. The first-order valence-corrected chi connectivity index (χ1v) is 11.4. The normalized spacial score (nSPS) is 44.5. The summed E-state index contributed by atoms with van der Waals surface area (Å²) in [5, 5.41) is 12.3. The summed E-state index contributed by atoms with van der Waals surface area (Å²) in [6.45, 7) is 0.552. The van der Waals surface area contributed by atoms with Crippen LogP contribution in [0.1, 0.15) is 37.7 Å². The lowest BCUT2D eigenvalue weighted by molar-refractivity contribution is -0.261. The van der Waals surface area contributed by atoms with E-state index in [0.717, 1.165) is 12.8 Å². The first kappa shape index (κ1) is 18.4. The summed E-state index contributed by atoms with van der Waals surface area (Å²) in [6.07, 6.45) is 0.958. The molecule has 3 spiro atoms. The van der Waals surface area contributed by atoms with Gasteiger partial charge in [-0.25, -0.2) is 9.59 Å². The molecule has 172 valence electrons. The largest absolute Gasteiger partial charge is 0.454 e. The maximum atomic E-state index is 13.8. The number of aliphatic hydroxyl groups is 1. The Hall–Kier alpha value is -3.01. The van der Waals surface area contributed by atoms with E-state index in [9.17, 15) is 19.5 Å². The van der Waals surface area contributed by atoms with Crippen molar-refractivity contribution in [3.05, 3.63) is 17.7 Å². The number of methoxy groups -OCH3 is 1. The Morgan fingerprint density at radius 3 is 2.88 bits per heavy atom. The van der Waals surface area contributed by atoms with Gasteiger partial charge in [-0.2, -0.15) is 0 Å². The van der Waals surface area contributed by atoms with Crippen LogP contribution in [0.4, 0.5) is 10.5 Å². The summed E-state index contributed by atoms with van der Waals surface area (Å²) in [4.78, 5) is 44.1. The molecule has 0 aromatic heterocycles. The number of carbonyl (C=O) groups excluding carboxylic acids is 3. The average Bonchev–Trinajstić information content (AvgIpc) is 3.46. The Morgan fingerprint density at radius 2 is 2.06 bits per heavy atom. The molecule has 33 heavy (non-hydrogen) atoms. The van der Waals surface area contributed by atoms with Crippen LogP contribution in [0, 0.1) is 5.41 Å². The number of carbonyl (C=O) groups is 3. The molecule has 1 aromatic carbocycles. The summed E-state index contributed by atoms with van der Waals surface area (Å²) in [6, 6.07) is 3.32. The van der Waals surface area contributed by atoms with Crippen LogP contribution in [0.25, 0.3) is 0 Å². The van der Waals surface area contributed by atoms with Gasteiger partial charge in [0.15, 0.2) is 23.2 Å². The standard InChI is InChI=1S/C23H22N2O8/c1-30-19(28)25-13-11(3-4-12-14(13)32-10-31-12)23-15-16(26)24-8-2-5-20(17(23)24)6-7-22(23,25)21(29,9-20)18(27)33-15/h3-4,15,17,29H,2,5-10H2,1H3/t15-,17-,20?,21?,22?,23-/m0/s1. The van der Waals surface area contributed by atoms with E-state index in [-0.39, 0.29) is 25.2 Å². The van der Waals surface area contributed by atoms with Gasteiger partial charge in [-0.05, 0) is 49.1 Å². The molecule has 1 N–H and O–H groups in total. The molecule has 3 unspecified atom stereocenters. The second-order valence-corrected chi connectivity index (χ2v) is 10.5. The number of hydrogen-bond acceptors (Lipinski definition) is 8. The maximum Gasteiger partial charge on any atom is 0.414 e. The highest BCUT2D eigenvalue weighted by Gasteiger charge is 2.93. The molecule has 4 bridgehead atoms. The number of esters is 1. The van der Waals surface area contributed by atoms with Crippen molar-refractivity contribution in [3.63, 3.8) is 0 Å². The van der Waals surface area contributed by atoms with E-state index in [0.29, 0.717) is 42.1 Å². The molecule has 3 saturated heterocycles. The molecular weight excluding hydrogens is 432 g/mol. The molecule has 10 nitrogen and oxygen atoms in total. The molecule has 9 rings (SSSR count). The van der Waals surface area contributed by atoms with Gasteiger partial charge in [0.05, 0.1) is 24.3 Å². The molecular formula is C23H22N2O8. The van der Waals surface area contributed by atoms with E-state index in [4.69, 9.17) is 18.9 Å². The zero-order valence-electron chi connectivity index (χ0n) is 18.0. The number of benzene rings is 1. The molecule has 3 aliphatic carbocycles. The lowest BCUT2D eigenvalue weighted by atomic mass is 9.36. The Bertz CT molecular complexity index is 1220. The SMILES string of the molecule is COC(=O)N1c2c(ccc3c2OCO3)[C@]23[C@H]4OC(=O)C5(O)CC6(CCCN(C4=O)[C@@H]62)CCC153. The Kier molecular flexibility index (Phi) is 2.83. The van der Waals surface area contributed by atoms with Gasteiger partial charge in [-0.1, -0.05) is 6.07 Å². The van der Waals surface area contributed by atoms with E-state index in [1.54, 1.807) is 6.07 Å². The fourth-order valence-electron chi connectivity index (χ4n) is 9.10. The Balaban J connectivity index is 1.57. The third-order valence-electron chi connectivity index (χ3n) is 9.76. The number of piperidine rings is 1. The predicted octanol–water partition coefficient (Wildman–Crippen LogP) is 0.823. The van der Waals surface area contributed by atoms with Crippen LogP contribution in [0.2, 0.25) is 0 Å². The van der Waals surface area contributed by atoms with Crippen LogP contribution in [0.3, 0.4) is 0 Å². The zero-order chi connectivity index (χ0) is 22.5. The molecule has 5 aliphatic heterocycles. The number of fused-ring (bicyclic) bond motifs is 4. The van der Waals surface area contributed by atoms with Gasteiger partial charge in [0.25, 0.3) is 5.91 Å². The van der Waals surface area contributed by atoms with Crippen molar-refractivity contribution in [1.82, 2.24) is 4.90 Å². The Labute approximate surface area is 188 Å². The minimum atomic E-state index is -1.98. The molecule has 2 amide bonds. The molecule has 8 aliphatic rings. The predicted molar refractivity (Wildman–Crippen MR) is 108 cm³/mol. The topological polar surface area (TPSA) is 115 Å². The van der Waals surface area contributed by atoms with Crippen LogP contribution in [-0.4, -0.2) is 71.7 Å². The van der Waals surface area contributed by atoms with Gasteiger partial charge < -0.3 is 29.0 Å². The highest BCUT2D eigenvalue weighted by Crippen LogP contribution is 2.79. The van der Waals surface area contributed by atoms with Gasteiger partial charge in [0.2, 0.25) is 6.79 Å².